The molecule has 1 aliphatic heterocycles. The summed E-state index contributed by atoms with van der Waals surface area (Å²) in [5.41, 5.74) is 0.187. The van der Waals surface area contributed by atoms with E-state index >= 15 is 0 Å². The summed E-state index contributed by atoms with van der Waals surface area (Å²) >= 11 is 0. The second-order valence-electron chi connectivity index (χ2n) is 5.29. The maximum atomic E-state index is 12.1. The van der Waals surface area contributed by atoms with Crippen LogP contribution < -0.4 is 5.32 Å². The van der Waals surface area contributed by atoms with Gasteiger partial charge in [-0.3, -0.25) is 14.4 Å². The lowest BCUT2D eigenvalue weighted by Crippen LogP contribution is -2.45. The molecular weight excluding hydrogens is 300 g/mol. The molecule has 1 aliphatic rings. The fourth-order valence-electron chi connectivity index (χ4n) is 2.48. The predicted octanol–water partition coefficient (Wildman–Crippen LogP) is 1.13. The molecule has 7 nitrogen and oxygen atoms in total. The second-order valence-corrected chi connectivity index (χ2v) is 5.29. The SMILES string of the molecule is CCOC(=O)C1CCN(C(=O)C(=O)Nc2ccccc2O)CC1. The number of amides is 2. The summed E-state index contributed by atoms with van der Waals surface area (Å²) in [6.45, 7) is 2.74. The maximum Gasteiger partial charge on any atom is 0.314 e. The molecular formula is C16H20N2O5. The van der Waals surface area contributed by atoms with Gasteiger partial charge < -0.3 is 20.1 Å². The van der Waals surface area contributed by atoms with Crippen molar-refractivity contribution in [1.29, 1.82) is 0 Å². The van der Waals surface area contributed by atoms with Gasteiger partial charge in [-0.25, -0.2) is 0 Å². The minimum absolute atomic E-state index is 0.102. The van der Waals surface area contributed by atoms with Crippen LogP contribution in [-0.4, -0.2) is 47.5 Å². The molecule has 1 aromatic carbocycles. The number of likely N-dealkylation sites (tertiary alicyclic amines) is 1. The molecule has 2 N–H and O–H groups in total. The van der Waals surface area contributed by atoms with E-state index in [2.05, 4.69) is 5.32 Å². The van der Waals surface area contributed by atoms with E-state index in [4.69, 9.17) is 4.74 Å². The van der Waals surface area contributed by atoms with Gasteiger partial charge in [0.05, 0.1) is 18.2 Å². The number of rotatable bonds is 3. The molecule has 7 heteroatoms. The van der Waals surface area contributed by atoms with Crippen LogP contribution in [-0.2, 0) is 19.1 Å². The van der Waals surface area contributed by atoms with Crippen LogP contribution in [0.4, 0.5) is 5.69 Å². The van der Waals surface area contributed by atoms with E-state index in [1.54, 1.807) is 19.1 Å². The van der Waals surface area contributed by atoms with Gasteiger partial charge in [0.15, 0.2) is 0 Å². The van der Waals surface area contributed by atoms with Crippen LogP contribution in [0.1, 0.15) is 19.8 Å². The molecule has 2 rings (SSSR count). The van der Waals surface area contributed by atoms with Crippen LogP contribution in [0.3, 0.4) is 0 Å². The third-order valence-corrected chi connectivity index (χ3v) is 3.75. The third kappa shape index (κ3) is 4.21. The smallest absolute Gasteiger partial charge is 0.314 e. The van der Waals surface area contributed by atoms with E-state index < -0.39 is 11.8 Å². The molecule has 124 valence electrons. The van der Waals surface area contributed by atoms with E-state index in [9.17, 15) is 19.5 Å². The minimum Gasteiger partial charge on any atom is -0.506 e. The highest BCUT2D eigenvalue weighted by atomic mass is 16.5. The number of para-hydroxylation sites is 2. The predicted molar refractivity (Wildman–Crippen MR) is 82.7 cm³/mol. The van der Waals surface area contributed by atoms with Crippen molar-refractivity contribution in [3.63, 3.8) is 0 Å². The Labute approximate surface area is 134 Å². The Kier molecular flexibility index (Phi) is 5.56. The van der Waals surface area contributed by atoms with Crippen molar-refractivity contribution < 1.29 is 24.2 Å². The van der Waals surface area contributed by atoms with Crippen molar-refractivity contribution in [3.8, 4) is 5.75 Å². The number of hydrogen-bond donors (Lipinski definition) is 2. The Balaban J connectivity index is 1.88. The van der Waals surface area contributed by atoms with Crippen molar-refractivity contribution >= 4 is 23.5 Å². The number of nitrogens with one attached hydrogen (secondary N) is 1. The summed E-state index contributed by atoms with van der Waals surface area (Å²) < 4.78 is 4.97. The Hall–Kier alpha value is -2.57. The van der Waals surface area contributed by atoms with Crippen LogP contribution in [0.5, 0.6) is 5.75 Å². The highest BCUT2D eigenvalue weighted by Crippen LogP contribution is 2.22. The Bertz CT molecular complexity index is 594. The first-order valence-corrected chi connectivity index (χ1v) is 7.57. The third-order valence-electron chi connectivity index (χ3n) is 3.75. The molecule has 1 heterocycles. The van der Waals surface area contributed by atoms with E-state index in [1.165, 1.54) is 17.0 Å². The van der Waals surface area contributed by atoms with Crippen molar-refractivity contribution in [1.82, 2.24) is 4.90 Å². The molecule has 1 aromatic rings. The van der Waals surface area contributed by atoms with E-state index in [-0.39, 0.29) is 23.3 Å². The van der Waals surface area contributed by atoms with Gasteiger partial charge in [0, 0.05) is 13.1 Å². The van der Waals surface area contributed by atoms with Gasteiger partial charge >= 0.3 is 17.8 Å². The fraction of sp³-hybridized carbons (Fsp3) is 0.438. The average Bonchev–Trinajstić information content (AvgIpc) is 2.56. The molecule has 0 spiro atoms. The molecule has 23 heavy (non-hydrogen) atoms. The number of anilines is 1. The Morgan fingerprint density at radius 2 is 1.91 bits per heavy atom. The molecule has 0 aromatic heterocycles. The maximum absolute atomic E-state index is 12.1. The Morgan fingerprint density at radius 1 is 1.26 bits per heavy atom. The van der Waals surface area contributed by atoms with Gasteiger partial charge in [0.25, 0.3) is 0 Å². The number of piperidine rings is 1. The number of esters is 1. The number of carbonyl (C=O) groups excluding carboxylic acids is 3. The highest BCUT2D eigenvalue weighted by molar-refractivity contribution is 6.39. The number of phenols is 1. The molecule has 1 saturated heterocycles. The van der Waals surface area contributed by atoms with Crippen LogP contribution >= 0.6 is 0 Å². The zero-order valence-corrected chi connectivity index (χ0v) is 12.9. The lowest BCUT2D eigenvalue weighted by molar-refractivity contribution is -0.152. The van der Waals surface area contributed by atoms with E-state index in [0.717, 1.165) is 0 Å². The number of aromatic hydroxyl groups is 1. The molecule has 0 bridgehead atoms. The van der Waals surface area contributed by atoms with Crippen molar-refractivity contribution in [2.45, 2.75) is 19.8 Å². The van der Waals surface area contributed by atoms with E-state index in [0.29, 0.717) is 32.5 Å². The lowest BCUT2D eigenvalue weighted by Gasteiger charge is -2.30. The van der Waals surface area contributed by atoms with Crippen LogP contribution in [0.15, 0.2) is 24.3 Å². The minimum atomic E-state index is -0.805. The van der Waals surface area contributed by atoms with Gasteiger partial charge in [-0.15, -0.1) is 0 Å². The zero-order chi connectivity index (χ0) is 16.8. The monoisotopic (exact) mass is 320 g/mol. The van der Waals surface area contributed by atoms with Gasteiger partial charge in [0.2, 0.25) is 0 Å². The molecule has 0 unspecified atom stereocenters. The van der Waals surface area contributed by atoms with Crippen LogP contribution in [0.25, 0.3) is 0 Å². The highest BCUT2D eigenvalue weighted by Gasteiger charge is 2.30. The van der Waals surface area contributed by atoms with Crippen molar-refractivity contribution in [2.75, 3.05) is 25.0 Å². The van der Waals surface area contributed by atoms with Gasteiger partial charge in [-0.1, -0.05) is 12.1 Å². The average molecular weight is 320 g/mol. The molecule has 0 atom stereocenters. The summed E-state index contributed by atoms with van der Waals surface area (Å²) in [6, 6.07) is 6.19. The quantitative estimate of drug-likeness (QED) is 0.494. The molecule has 0 aliphatic carbocycles. The summed E-state index contributed by atoms with van der Waals surface area (Å²) in [6.07, 6.45) is 0.961. The number of hydrogen-bond acceptors (Lipinski definition) is 5. The summed E-state index contributed by atoms with van der Waals surface area (Å²) in [7, 11) is 0. The van der Waals surface area contributed by atoms with Gasteiger partial charge in [0.1, 0.15) is 5.75 Å². The number of ether oxygens (including phenoxy) is 1. The first-order chi connectivity index (χ1) is 11.0. The first-order valence-electron chi connectivity index (χ1n) is 7.57. The standard InChI is InChI=1S/C16H20N2O5/c1-2-23-16(22)11-7-9-18(10-8-11)15(21)14(20)17-12-5-3-4-6-13(12)19/h3-6,11,19H,2,7-10H2,1H3,(H,17,20). The zero-order valence-electron chi connectivity index (χ0n) is 12.9. The summed E-state index contributed by atoms with van der Waals surface area (Å²) in [5.74, 6) is -2.05. The van der Waals surface area contributed by atoms with Crippen molar-refractivity contribution in [3.05, 3.63) is 24.3 Å². The van der Waals surface area contributed by atoms with Crippen LogP contribution in [0.2, 0.25) is 0 Å². The second kappa shape index (κ2) is 7.62. The number of benzene rings is 1. The van der Waals surface area contributed by atoms with Gasteiger partial charge in [-0.05, 0) is 31.9 Å². The molecule has 0 saturated carbocycles. The lowest BCUT2D eigenvalue weighted by atomic mass is 9.97. The van der Waals surface area contributed by atoms with Gasteiger partial charge in [-0.2, -0.15) is 0 Å². The van der Waals surface area contributed by atoms with Crippen LogP contribution in [0, 0.1) is 5.92 Å². The van der Waals surface area contributed by atoms with Crippen molar-refractivity contribution in [2.24, 2.45) is 5.92 Å². The Morgan fingerprint density at radius 3 is 2.52 bits per heavy atom. The number of carbonyl (C=O) groups is 3. The molecule has 2 amide bonds. The van der Waals surface area contributed by atoms with E-state index in [1.807, 2.05) is 0 Å². The molecule has 1 fully saturated rings. The fourth-order valence-corrected chi connectivity index (χ4v) is 2.48. The normalized spacial score (nSPS) is 15.1. The number of nitrogens with zero attached hydrogens (tertiary/aromatic N) is 1. The summed E-state index contributed by atoms with van der Waals surface area (Å²) in [4.78, 5) is 37.2. The first kappa shape index (κ1) is 16.8. The summed E-state index contributed by atoms with van der Waals surface area (Å²) in [5, 5.41) is 12.0. The molecule has 0 radical (unpaired) electrons. The number of phenolic OH excluding ortho intramolecular Hbond substituents is 1. The topological polar surface area (TPSA) is 95.9 Å². The largest absolute Gasteiger partial charge is 0.506 e.